The molecule has 1 heterocycles. The molecule has 0 unspecified atom stereocenters. The van der Waals surface area contributed by atoms with Gasteiger partial charge in [-0.3, -0.25) is 9.36 Å². The molecule has 1 aliphatic rings. The molecule has 10 heteroatoms. The van der Waals surface area contributed by atoms with E-state index in [4.69, 9.17) is 10.8 Å². The average molecular weight is 326 g/mol. The Morgan fingerprint density at radius 2 is 2.23 bits per heavy atom. The van der Waals surface area contributed by atoms with Crippen molar-refractivity contribution in [2.75, 3.05) is 12.3 Å². The maximum atomic E-state index is 11.6. The molecular weight excluding hydrogens is 312 g/mol. The topological polar surface area (TPSA) is 144 Å². The van der Waals surface area contributed by atoms with Crippen LogP contribution in [0.5, 0.6) is 0 Å². The van der Waals surface area contributed by atoms with Crippen molar-refractivity contribution >= 4 is 21.8 Å². The lowest BCUT2D eigenvalue weighted by Crippen LogP contribution is -2.28. The maximum Gasteiger partial charge on any atom is 0.350 e. The molecule has 4 N–H and O–H groups in total. The van der Waals surface area contributed by atoms with E-state index in [2.05, 4.69) is 21.5 Å². The molecule has 0 atom stereocenters. The van der Waals surface area contributed by atoms with E-state index in [1.54, 1.807) is 0 Å². The fourth-order valence-corrected chi connectivity index (χ4v) is 2.90. The molecule has 1 saturated carbocycles. The number of carboxylic acids is 1. The van der Waals surface area contributed by atoms with Crippen LogP contribution in [0.15, 0.2) is 11.0 Å². The lowest BCUT2D eigenvalue weighted by molar-refractivity contribution is -0.137. The molecule has 0 saturated heterocycles. The molecule has 2 rings (SSSR count). The largest absolute Gasteiger partial charge is 0.480 e. The number of aromatic nitrogens is 2. The van der Waals surface area contributed by atoms with E-state index in [1.165, 1.54) is 6.20 Å². The van der Waals surface area contributed by atoms with E-state index < -0.39 is 28.2 Å². The van der Waals surface area contributed by atoms with Crippen molar-refractivity contribution in [2.45, 2.75) is 24.6 Å². The quantitative estimate of drug-likeness (QED) is 0.549. The summed E-state index contributed by atoms with van der Waals surface area (Å²) in [4.78, 5) is 25.5. The number of aliphatic carboxylic acids is 1. The smallest absolute Gasteiger partial charge is 0.350 e. The summed E-state index contributed by atoms with van der Waals surface area (Å²) in [5.41, 5.74) is 4.90. The van der Waals surface area contributed by atoms with Crippen molar-refractivity contribution < 1.29 is 18.3 Å². The third-order valence-corrected chi connectivity index (χ3v) is 4.77. The molecule has 22 heavy (non-hydrogen) atoms. The van der Waals surface area contributed by atoms with E-state index in [0.29, 0.717) is 12.8 Å². The molecule has 1 fully saturated rings. The summed E-state index contributed by atoms with van der Waals surface area (Å²) in [7, 11) is -3.31. The number of hydrogen-bond acceptors (Lipinski definition) is 6. The molecule has 0 amide bonds. The van der Waals surface area contributed by atoms with Crippen LogP contribution in [0.1, 0.15) is 18.4 Å². The number of nitrogens with zero attached hydrogens (tertiary/aromatic N) is 2. The summed E-state index contributed by atoms with van der Waals surface area (Å²) in [6, 6.07) is 0. The Kier molecular flexibility index (Phi) is 4.48. The van der Waals surface area contributed by atoms with Crippen molar-refractivity contribution in [1.29, 1.82) is 0 Å². The highest BCUT2D eigenvalue weighted by Crippen LogP contribution is 2.27. The Labute approximate surface area is 126 Å². The highest BCUT2D eigenvalue weighted by atomic mass is 32.2. The first kappa shape index (κ1) is 16.0. The van der Waals surface area contributed by atoms with Gasteiger partial charge in [0.1, 0.15) is 12.4 Å². The monoisotopic (exact) mass is 326 g/mol. The van der Waals surface area contributed by atoms with Gasteiger partial charge in [-0.05, 0) is 12.8 Å². The van der Waals surface area contributed by atoms with Crippen LogP contribution in [0.2, 0.25) is 0 Å². The fraction of sp³-hybridized carbons (Fsp3) is 0.417. The zero-order chi connectivity index (χ0) is 16.3. The minimum atomic E-state index is -3.31. The summed E-state index contributed by atoms with van der Waals surface area (Å²) in [6.07, 6.45) is 2.49. The molecule has 0 spiro atoms. The average Bonchev–Trinajstić information content (AvgIpc) is 3.23. The minimum Gasteiger partial charge on any atom is -0.480 e. The van der Waals surface area contributed by atoms with Crippen molar-refractivity contribution in [3.63, 3.8) is 0 Å². The second kappa shape index (κ2) is 6.17. The van der Waals surface area contributed by atoms with Crippen LogP contribution < -0.4 is 16.1 Å². The molecular formula is C12H14N4O5S. The number of carboxylic acid groups (broad SMARTS) is 1. The van der Waals surface area contributed by atoms with Crippen molar-refractivity contribution in [3.8, 4) is 11.8 Å². The van der Waals surface area contributed by atoms with Crippen LogP contribution in [0.25, 0.3) is 0 Å². The zero-order valence-electron chi connectivity index (χ0n) is 11.4. The molecule has 1 aliphatic carbocycles. The van der Waals surface area contributed by atoms with Gasteiger partial charge in [0, 0.05) is 6.20 Å². The van der Waals surface area contributed by atoms with E-state index in [0.717, 1.165) is 4.57 Å². The number of rotatable bonds is 5. The summed E-state index contributed by atoms with van der Waals surface area (Å²) in [5, 5.41) is 8.35. The Hall–Kier alpha value is -2.38. The van der Waals surface area contributed by atoms with Crippen LogP contribution in [0, 0.1) is 11.8 Å². The van der Waals surface area contributed by atoms with Crippen LogP contribution in [0.4, 0.5) is 5.82 Å². The minimum absolute atomic E-state index is 0.101. The first-order valence-corrected chi connectivity index (χ1v) is 7.90. The molecule has 0 radical (unpaired) electrons. The number of carbonyl (C=O) groups is 1. The number of nitrogens with one attached hydrogen (secondary N) is 1. The van der Waals surface area contributed by atoms with E-state index in [9.17, 15) is 18.0 Å². The van der Waals surface area contributed by atoms with Gasteiger partial charge in [0.2, 0.25) is 10.0 Å². The lowest BCUT2D eigenvalue weighted by atomic mass is 10.3. The summed E-state index contributed by atoms with van der Waals surface area (Å²) in [6.45, 7) is -0.661. The number of sulfonamides is 1. The molecule has 0 bridgehead atoms. The van der Waals surface area contributed by atoms with Gasteiger partial charge in [0.15, 0.2) is 0 Å². The molecule has 9 nitrogen and oxygen atoms in total. The lowest BCUT2D eigenvalue weighted by Gasteiger charge is -2.03. The third kappa shape index (κ3) is 4.06. The van der Waals surface area contributed by atoms with Gasteiger partial charge in [-0.25, -0.2) is 17.9 Å². The highest BCUT2D eigenvalue weighted by molar-refractivity contribution is 7.90. The van der Waals surface area contributed by atoms with E-state index in [1.807, 2.05) is 0 Å². The van der Waals surface area contributed by atoms with Crippen molar-refractivity contribution in [3.05, 3.63) is 22.2 Å². The Balaban J connectivity index is 2.11. The van der Waals surface area contributed by atoms with E-state index >= 15 is 0 Å². The van der Waals surface area contributed by atoms with Gasteiger partial charge in [-0.15, -0.1) is 0 Å². The molecule has 118 valence electrons. The number of nitrogen functional groups attached to an aromatic ring is 1. The molecule has 1 aromatic heterocycles. The van der Waals surface area contributed by atoms with Crippen molar-refractivity contribution in [1.82, 2.24) is 14.3 Å². The normalized spacial score (nSPS) is 14.2. The van der Waals surface area contributed by atoms with Gasteiger partial charge in [-0.1, -0.05) is 11.8 Å². The van der Waals surface area contributed by atoms with Crippen LogP contribution >= 0.6 is 0 Å². The molecule has 0 aliphatic heterocycles. The van der Waals surface area contributed by atoms with Gasteiger partial charge in [-0.2, -0.15) is 4.98 Å². The Morgan fingerprint density at radius 3 is 2.82 bits per heavy atom. The molecule has 0 aromatic carbocycles. The van der Waals surface area contributed by atoms with Gasteiger partial charge < -0.3 is 10.8 Å². The summed E-state index contributed by atoms with van der Waals surface area (Å²) < 4.78 is 26.3. The highest BCUT2D eigenvalue weighted by Gasteiger charge is 2.34. The van der Waals surface area contributed by atoms with Gasteiger partial charge in [0.25, 0.3) is 0 Å². The van der Waals surface area contributed by atoms with Crippen LogP contribution in [-0.2, 0) is 21.4 Å². The first-order chi connectivity index (χ1) is 10.3. The first-order valence-electron chi connectivity index (χ1n) is 6.35. The third-order valence-electron chi connectivity index (χ3n) is 2.88. The summed E-state index contributed by atoms with van der Waals surface area (Å²) in [5.74, 6) is 3.79. The second-order valence-electron chi connectivity index (χ2n) is 4.71. The summed E-state index contributed by atoms with van der Waals surface area (Å²) >= 11 is 0. The molecule has 1 aromatic rings. The van der Waals surface area contributed by atoms with Gasteiger partial charge >= 0.3 is 11.7 Å². The Morgan fingerprint density at radius 1 is 1.55 bits per heavy atom. The second-order valence-corrected chi connectivity index (χ2v) is 6.76. The van der Waals surface area contributed by atoms with Crippen molar-refractivity contribution in [2.24, 2.45) is 0 Å². The number of nitrogens with two attached hydrogens (primary N) is 1. The standard InChI is InChI=1S/C12H14N4O5S/c13-11-8(6-16(7-10(17)18)12(19)15-11)2-1-5-14-22(20,21)9-3-4-9/h6,9,14H,3-5,7H2,(H,17,18)(H2,13,15,19). The van der Waals surface area contributed by atoms with Crippen LogP contribution in [-0.4, -0.2) is 40.8 Å². The number of anilines is 1. The van der Waals surface area contributed by atoms with E-state index in [-0.39, 0.29) is 23.2 Å². The Bertz CT molecular complexity index is 814. The maximum absolute atomic E-state index is 11.6. The predicted octanol–water partition coefficient (Wildman–Crippen LogP) is -1.66. The fourth-order valence-electron chi connectivity index (χ4n) is 1.63. The SMILES string of the molecule is Nc1nc(=O)n(CC(=O)O)cc1C#CCNS(=O)(=O)C1CC1. The van der Waals surface area contributed by atoms with Crippen LogP contribution in [0.3, 0.4) is 0 Å². The van der Waals surface area contributed by atoms with Gasteiger partial charge in [0.05, 0.1) is 17.4 Å². The number of hydrogen-bond donors (Lipinski definition) is 3. The zero-order valence-corrected chi connectivity index (χ0v) is 12.3. The predicted molar refractivity (Wildman–Crippen MR) is 77.4 cm³/mol.